The molecule has 1 aliphatic carbocycles. The summed E-state index contributed by atoms with van der Waals surface area (Å²) in [6.07, 6.45) is 3.93. The first kappa shape index (κ1) is 10.7. The van der Waals surface area contributed by atoms with Gasteiger partial charge in [0.1, 0.15) is 0 Å². The van der Waals surface area contributed by atoms with Gasteiger partial charge in [0.15, 0.2) is 0 Å². The Labute approximate surface area is 92.7 Å². The fraction of sp³-hybridized carbons (Fsp3) is 0.571. The Bertz CT molecular complexity index is 315. The van der Waals surface area contributed by atoms with Gasteiger partial charge in [0.2, 0.25) is 0 Å². The zero-order chi connectivity index (χ0) is 10.9. The molecule has 0 aromatic heterocycles. The maximum Gasteiger partial charge on any atom is 0.0328 e. The summed E-state index contributed by atoms with van der Waals surface area (Å²) in [5.74, 6) is 0.639. The van der Waals surface area contributed by atoms with Crippen molar-refractivity contribution in [1.82, 2.24) is 0 Å². The third kappa shape index (κ3) is 2.07. The van der Waals surface area contributed by atoms with Crippen LogP contribution in [-0.2, 0) is 0 Å². The molecule has 1 fully saturated rings. The minimum atomic E-state index is 0.212. The van der Waals surface area contributed by atoms with Crippen molar-refractivity contribution >= 4 is 0 Å². The van der Waals surface area contributed by atoms with Crippen molar-refractivity contribution in [3.05, 3.63) is 35.9 Å². The molecule has 82 valence electrons. The normalized spacial score (nSPS) is 26.5. The highest BCUT2D eigenvalue weighted by molar-refractivity contribution is 5.20. The third-order valence-electron chi connectivity index (χ3n) is 3.96. The van der Waals surface area contributed by atoms with Gasteiger partial charge in [-0.1, -0.05) is 50.6 Å². The Morgan fingerprint density at radius 3 is 2.47 bits per heavy atom. The summed E-state index contributed by atoms with van der Waals surface area (Å²) in [6.45, 7) is 4.71. The molecule has 0 spiro atoms. The van der Waals surface area contributed by atoms with Gasteiger partial charge >= 0.3 is 0 Å². The lowest BCUT2D eigenvalue weighted by Gasteiger charge is -2.32. The average Bonchev–Trinajstić information content (AvgIpc) is 2.58. The van der Waals surface area contributed by atoms with Crippen molar-refractivity contribution < 1.29 is 0 Å². The minimum absolute atomic E-state index is 0.212. The van der Waals surface area contributed by atoms with Crippen LogP contribution in [-0.4, -0.2) is 0 Å². The summed E-state index contributed by atoms with van der Waals surface area (Å²) in [5.41, 5.74) is 8.08. The van der Waals surface area contributed by atoms with Gasteiger partial charge in [0, 0.05) is 6.04 Å². The molecule has 2 unspecified atom stereocenters. The maximum atomic E-state index is 6.38. The Hall–Kier alpha value is -0.820. The molecule has 1 heteroatoms. The van der Waals surface area contributed by atoms with E-state index in [4.69, 9.17) is 5.73 Å². The zero-order valence-corrected chi connectivity index (χ0v) is 9.74. The zero-order valence-electron chi connectivity index (χ0n) is 9.74. The Morgan fingerprint density at radius 2 is 1.93 bits per heavy atom. The van der Waals surface area contributed by atoms with Crippen LogP contribution in [0.1, 0.15) is 44.7 Å². The van der Waals surface area contributed by atoms with E-state index < -0.39 is 0 Å². The predicted molar refractivity (Wildman–Crippen MR) is 64.5 cm³/mol. The van der Waals surface area contributed by atoms with Gasteiger partial charge in [-0.15, -0.1) is 0 Å². The van der Waals surface area contributed by atoms with Crippen LogP contribution >= 0.6 is 0 Å². The van der Waals surface area contributed by atoms with Gasteiger partial charge < -0.3 is 5.73 Å². The van der Waals surface area contributed by atoms with E-state index in [1.807, 2.05) is 0 Å². The second-order valence-corrected chi connectivity index (χ2v) is 5.42. The number of benzene rings is 1. The highest BCUT2D eigenvalue weighted by Gasteiger charge is 2.38. The molecule has 1 aliphatic rings. The SMILES string of the molecule is CC1(C)CCCC1C(N)c1ccccc1. The molecule has 0 radical (unpaired) electrons. The summed E-state index contributed by atoms with van der Waals surface area (Å²) in [7, 11) is 0. The topological polar surface area (TPSA) is 26.0 Å². The molecule has 0 aliphatic heterocycles. The van der Waals surface area contributed by atoms with E-state index >= 15 is 0 Å². The van der Waals surface area contributed by atoms with E-state index in [-0.39, 0.29) is 6.04 Å². The maximum absolute atomic E-state index is 6.38. The molecule has 0 heterocycles. The fourth-order valence-electron chi connectivity index (χ4n) is 2.93. The van der Waals surface area contributed by atoms with Crippen molar-refractivity contribution in [1.29, 1.82) is 0 Å². The smallest absolute Gasteiger partial charge is 0.0328 e. The molecule has 0 bridgehead atoms. The minimum Gasteiger partial charge on any atom is -0.324 e. The highest BCUT2D eigenvalue weighted by Crippen LogP contribution is 2.47. The molecule has 0 saturated heterocycles. The molecule has 2 atom stereocenters. The third-order valence-corrected chi connectivity index (χ3v) is 3.96. The summed E-state index contributed by atoms with van der Waals surface area (Å²) in [4.78, 5) is 0. The predicted octanol–water partition coefficient (Wildman–Crippen LogP) is 3.51. The standard InChI is InChI=1S/C14H21N/c1-14(2)10-6-9-12(14)13(15)11-7-4-3-5-8-11/h3-5,7-8,12-13H,6,9-10,15H2,1-2H3. The average molecular weight is 203 g/mol. The summed E-state index contributed by atoms with van der Waals surface area (Å²) in [5, 5.41) is 0. The van der Waals surface area contributed by atoms with Crippen LogP contribution in [0.4, 0.5) is 0 Å². The first-order chi connectivity index (χ1) is 7.11. The van der Waals surface area contributed by atoms with Gasteiger partial charge in [-0.3, -0.25) is 0 Å². The van der Waals surface area contributed by atoms with Crippen molar-refractivity contribution in [2.24, 2.45) is 17.1 Å². The lowest BCUT2D eigenvalue weighted by Crippen LogP contribution is -2.29. The number of hydrogen-bond donors (Lipinski definition) is 1. The van der Waals surface area contributed by atoms with Gasteiger partial charge in [-0.05, 0) is 29.7 Å². The summed E-state index contributed by atoms with van der Waals surface area (Å²) in [6, 6.07) is 10.7. The Kier molecular flexibility index (Phi) is 2.83. The summed E-state index contributed by atoms with van der Waals surface area (Å²) < 4.78 is 0. The monoisotopic (exact) mass is 203 g/mol. The Balaban J connectivity index is 2.18. The molecule has 0 amide bonds. The molecule has 1 saturated carbocycles. The molecule has 15 heavy (non-hydrogen) atoms. The van der Waals surface area contributed by atoms with Crippen LogP contribution in [0.15, 0.2) is 30.3 Å². The van der Waals surface area contributed by atoms with Crippen LogP contribution in [0.25, 0.3) is 0 Å². The Morgan fingerprint density at radius 1 is 1.27 bits per heavy atom. The molecule has 2 N–H and O–H groups in total. The second kappa shape index (κ2) is 3.97. The van der Waals surface area contributed by atoms with Gasteiger partial charge in [-0.25, -0.2) is 0 Å². The molecular formula is C14H21N. The fourth-order valence-corrected chi connectivity index (χ4v) is 2.93. The lowest BCUT2D eigenvalue weighted by molar-refractivity contribution is 0.222. The molecule has 2 rings (SSSR count). The van der Waals surface area contributed by atoms with Crippen molar-refractivity contribution in [2.75, 3.05) is 0 Å². The number of hydrogen-bond acceptors (Lipinski definition) is 1. The van der Waals surface area contributed by atoms with Crippen molar-refractivity contribution in [2.45, 2.75) is 39.2 Å². The van der Waals surface area contributed by atoms with Gasteiger partial charge in [-0.2, -0.15) is 0 Å². The number of nitrogens with two attached hydrogens (primary N) is 1. The van der Waals surface area contributed by atoms with E-state index in [0.717, 1.165) is 0 Å². The van der Waals surface area contributed by atoms with E-state index in [0.29, 0.717) is 11.3 Å². The van der Waals surface area contributed by atoms with E-state index in [9.17, 15) is 0 Å². The van der Waals surface area contributed by atoms with Gasteiger partial charge in [0.25, 0.3) is 0 Å². The summed E-state index contributed by atoms with van der Waals surface area (Å²) >= 11 is 0. The highest BCUT2D eigenvalue weighted by atomic mass is 14.7. The molecule has 1 nitrogen and oxygen atoms in total. The first-order valence-electron chi connectivity index (χ1n) is 5.92. The van der Waals surface area contributed by atoms with Crippen LogP contribution in [0, 0.1) is 11.3 Å². The molecule has 1 aromatic carbocycles. The molecule has 1 aromatic rings. The van der Waals surface area contributed by atoms with E-state index in [2.05, 4.69) is 44.2 Å². The first-order valence-corrected chi connectivity index (χ1v) is 5.92. The van der Waals surface area contributed by atoms with Gasteiger partial charge in [0.05, 0.1) is 0 Å². The van der Waals surface area contributed by atoms with Crippen LogP contribution in [0.5, 0.6) is 0 Å². The van der Waals surface area contributed by atoms with E-state index in [1.54, 1.807) is 0 Å². The van der Waals surface area contributed by atoms with Crippen molar-refractivity contribution in [3.63, 3.8) is 0 Å². The quantitative estimate of drug-likeness (QED) is 0.782. The van der Waals surface area contributed by atoms with Crippen LogP contribution in [0.3, 0.4) is 0 Å². The number of rotatable bonds is 2. The molecular weight excluding hydrogens is 182 g/mol. The van der Waals surface area contributed by atoms with Crippen LogP contribution < -0.4 is 5.73 Å². The van der Waals surface area contributed by atoms with E-state index in [1.165, 1.54) is 24.8 Å². The van der Waals surface area contributed by atoms with Crippen LogP contribution in [0.2, 0.25) is 0 Å². The van der Waals surface area contributed by atoms with Crippen molar-refractivity contribution in [3.8, 4) is 0 Å². The largest absolute Gasteiger partial charge is 0.324 e. The lowest BCUT2D eigenvalue weighted by atomic mass is 9.76. The second-order valence-electron chi connectivity index (χ2n) is 5.42.